The lowest BCUT2D eigenvalue weighted by atomic mass is 9.79. The van der Waals surface area contributed by atoms with E-state index in [0.717, 1.165) is 28.2 Å². The number of aryl methyl sites for hydroxylation is 1. The van der Waals surface area contributed by atoms with E-state index in [1.165, 1.54) is 0 Å². The second kappa shape index (κ2) is 14.7. The summed E-state index contributed by atoms with van der Waals surface area (Å²) in [5.74, 6) is 1.87. The Morgan fingerprint density at radius 1 is 0.980 bits per heavy atom. The largest absolute Gasteiger partial charge is 0.497 e. The molecule has 1 fully saturated rings. The van der Waals surface area contributed by atoms with Crippen LogP contribution in [0.25, 0.3) is 11.4 Å². The van der Waals surface area contributed by atoms with Crippen LogP contribution < -0.4 is 14.4 Å². The number of nitrogens with zero attached hydrogens (tertiary/aromatic N) is 7. The van der Waals surface area contributed by atoms with Crippen molar-refractivity contribution >= 4 is 12.0 Å². The van der Waals surface area contributed by atoms with E-state index in [9.17, 15) is 9.90 Å². The molecule has 2 aromatic carbocycles. The van der Waals surface area contributed by atoms with Crippen LogP contribution in [-0.4, -0.2) is 80.3 Å². The average Bonchev–Trinajstić information content (AvgIpc) is 3.07. The van der Waals surface area contributed by atoms with Gasteiger partial charge >= 0.3 is 6.09 Å². The van der Waals surface area contributed by atoms with Crippen LogP contribution in [0.1, 0.15) is 63.2 Å². The Hall–Kier alpha value is -4.84. The summed E-state index contributed by atoms with van der Waals surface area (Å²) in [5, 5.41) is 9.94. The molecule has 3 atom stereocenters. The molecule has 1 saturated heterocycles. The summed E-state index contributed by atoms with van der Waals surface area (Å²) < 4.78 is 26.3. The van der Waals surface area contributed by atoms with Crippen LogP contribution in [-0.2, 0) is 13.1 Å². The highest BCUT2D eigenvalue weighted by Crippen LogP contribution is 2.37. The maximum atomic E-state index is 15.6. The number of carboxylic acid groups (broad SMARTS) is 1. The van der Waals surface area contributed by atoms with Gasteiger partial charge in [0.1, 0.15) is 17.3 Å². The van der Waals surface area contributed by atoms with Gasteiger partial charge in [-0.2, -0.15) is 14.4 Å². The fourth-order valence-corrected chi connectivity index (χ4v) is 6.83. The molecule has 11 nitrogen and oxygen atoms in total. The van der Waals surface area contributed by atoms with Crippen molar-refractivity contribution in [2.24, 2.45) is 5.41 Å². The number of hydrogen-bond acceptors (Lipinski definition) is 9. The third-order valence-electron chi connectivity index (χ3n) is 9.21. The summed E-state index contributed by atoms with van der Waals surface area (Å²) in [6.07, 6.45) is 0.624. The molecule has 2 aromatic heterocycles. The third-order valence-corrected chi connectivity index (χ3v) is 9.21. The molecular weight excluding hydrogens is 625 g/mol. The van der Waals surface area contributed by atoms with E-state index in [0.29, 0.717) is 38.0 Å². The third kappa shape index (κ3) is 8.07. The van der Waals surface area contributed by atoms with Gasteiger partial charge < -0.3 is 24.4 Å². The number of ether oxygens (including phenoxy) is 2. The normalized spacial score (nSPS) is 17.4. The molecule has 1 N–H and O–H groups in total. The second-order valence-electron chi connectivity index (χ2n) is 13.6. The van der Waals surface area contributed by atoms with E-state index in [1.807, 2.05) is 60.4 Å². The zero-order chi connectivity index (χ0) is 35.5. The van der Waals surface area contributed by atoms with Crippen LogP contribution >= 0.6 is 0 Å². The van der Waals surface area contributed by atoms with Crippen LogP contribution in [0.2, 0.25) is 0 Å². The molecule has 3 heterocycles. The van der Waals surface area contributed by atoms with Crippen LogP contribution in [0, 0.1) is 18.3 Å². The van der Waals surface area contributed by atoms with Gasteiger partial charge in [0.2, 0.25) is 11.9 Å². The fraction of sp³-hybridized carbons (Fsp3) is 0.432. The van der Waals surface area contributed by atoms with Crippen LogP contribution in [0.4, 0.5) is 15.1 Å². The minimum absolute atomic E-state index is 0.0937. The summed E-state index contributed by atoms with van der Waals surface area (Å²) in [5.41, 5.74) is 2.71. The van der Waals surface area contributed by atoms with Gasteiger partial charge in [-0.05, 0) is 73.2 Å². The predicted molar refractivity (Wildman–Crippen MR) is 186 cm³/mol. The summed E-state index contributed by atoms with van der Waals surface area (Å²) in [6.45, 7) is 13.9. The molecule has 0 aliphatic carbocycles. The first-order chi connectivity index (χ1) is 23.3. The second-order valence-corrected chi connectivity index (χ2v) is 13.6. The van der Waals surface area contributed by atoms with Gasteiger partial charge in [0.15, 0.2) is 5.82 Å². The lowest BCUT2D eigenvalue weighted by Gasteiger charge is -2.52. The first-order valence-corrected chi connectivity index (χ1v) is 16.4. The number of benzene rings is 2. The van der Waals surface area contributed by atoms with Crippen LogP contribution in [0.3, 0.4) is 0 Å². The van der Waals surface area contributed by atoms with Crippen molar-refractivity contribution in [3.8, 4) is 22.9 Å². The number of rotatable bonds is 10. The molecule has 0 bridgehead atoms. The Morgan fingerprint density at radius 3 is 2.06 bits per heavy atom. The smallest absolute Gasteiger partial charge is 0.407 e. The monoisotopic (exact) mass is 671 g/mol. The number of aromatic nitrogens is 4. The molecule has 1 aliphatic rings. The van der Waals surface area contributed by atoms with Gasteiger partial charge in [-0.1, -0.05) is 45.0 Å². The minimum atomic E-state index is -0.918. The average molecular weight is 672 g/mol. The first-order valence-electron chi connectivity index (χ1n) is 16.4. The molecular formula is C37H46FN7O4. The highest BCUT2D eigenvalue weighted by atomic mass is 19.1. The lowest BCUT2D eigenvalue weighted by Crippen LogP contribution is -2.64. The number of piperazine rings is 1. The fourth-order valence-electron chi connectivity index (χ4n) is 6.83. The van der Waals surface area contributed by atoms with Crippen molar-refractivity contribution in [1.82, 2.24) is 29.7 Å². The van der Waals surface area contributed by atoms with E-state index in [2.05, 4.69) is 42.6 Å². The standard InChI is InChI=1S/C37H46FN7O4/c1-23(44-17-18-45(36(46)47)32(24(44)2)37(4,5)6)28-19-31(33(38)39-20-28)34-40-25(3)41-35(42-34)43(21-26-9-13-29(48-7)14-10-26)22-27-11-15-30(49-8)16-12-27/h9-16,19-20,23-24,32H,17-18,21-22H2,1-8H3,(H,46,47)/t23-,24+,32?/m1/s1. The highest BCUT2D eigenvalue weighted by molar-refractivity contribution is 5.66. The minimum Gasteiger partial charge on any atom is -0.497 e. The van der Waals surface area contributed by atoms with Gasteiger partial charge in [-0.25, -0.2) is 14.8 Å². The predicted octanol–water partition coefficient (Wildman–Crippen LogP) is 6.76. The highest BCUT2D eigenvalue weighted by Gasteiger charge is 2.44. The van der Waals surface area contributed by atoms with Crippen LogP contribution in [0.5, 0.6) is 11.5 Å². The number of carbonyl (C=O) groups is 1. The zero-order valence-electron chi connectivity index (χ0n) is 29.5. The topological polar surface area (TPSA) is 117 Å². The van der Waals surface area contributed by atoms with E-state index in [4.69, 9.17) is 19.4 Å². The number of amides is 1. The molecule has 5 rings (SSSR count). The summed E-state index contributed by atoms with van der Waals surface area (Å²) >= 11 is 0. The molecule has 49 heavy (non-hydrogen) atoms. The molecule has 1 aliphatic heterocycles. The molecule has 0 radical (unpaired) electrons. The van der Waals surface area contributed by atoms with E-state index in [-0.39, 0.29) is 34.9 Å². The Bertz CT molecular complexity index is 1700. The molecule has 260 valence electrons. The Morgan fingerprint density at radius 2 is 1.55 bits per heavy atom. The quantitative estimate of drug-likeness (QED) is 0.181. The zero-order valence-corrected chi connectivity index (χ0v) is 29.5. The van der Waals surface area contributed by atoms with Crippen molar-refractivity contribution in [2.45, 2.75) is 72.8 Å². The number of halogens is 1. The van der Waals surface area contributed by atoms with Gasteiger partial charge in [0.05, 0.1) is 25.8 Å². The molecule has 12 heteroatoms. The van der Waals surface area contributed by atoms with Crippen molar-refractivity contribution in [3.63, 3.8) is 0 Å². The van der Waals surface area contributed by atoms with E-state index < -0.39 is 12.0 Å². The van der Waals surface area contributed by atoms with Crippen molar-refractivity contribution in [1.29, 1.82) is 0 Å². The molecule has 4 aromatic rings. The maximum Gasteiger partial charge on any atom is 0.407 e. The number of hydrogen-bond donors (Lipinski definition) is 1. The Balaban J connectivity index is 1.49. The molecule has 1 amide bonds. The first kappa shape index (κ1) is 35.5. The number of anilines is 1. The number of methoxy groups -OCH3 is 2. The van der Waals surface area contributed by atoms with Gasteiger partial charge in [-0.3, -0.25) is 4.90 Å². The van der Waals surface area contributed by atoms with Crippen molar-refractivity contribution in [2.75, 3.05) is 32.2 Å². The van der Waals surface area contributed by atoms with E-state index >= 15 is 4.39 Å². The molecule has 0 spiro atoms. The van der Waals surface area contributed by atoms with E-state index in [1.54, 1.807) is 38.3 Å². The summed E-state index contributed by atoms with van der Waals surface area (Å²) in [4.78, 5) is 36.2. The number of pyridine rings is 1. The maximum absolute atomic E-state index is 15.6. The Kier molecular flexibility index (Phi) is 10.7. The SMILES string of the molecule is COc1ccc(CN(Cc2ccc(OC)cc2)c2nc(C)nc(-c3cc([C@@H](C)N4CCN(C(=O)O)C(C(C)(C)C)[C@@H]4C)cnc3F)n2)cc1. The summed E-state index contributed by atoms with van der Waals surface area (Å²) in [6, 6.07) is 16.8. The molecule has 0 saturated carbocycles. The van der Waals surface area contributed by atoms with Gasteiger partial charge in [0, 0.05) is 44.5 Å². The molecule has 1 unspecified atom stereocenters. The lowest BCUT2D eigenvalue weighted by molar-refractivity contribution is -0.0303. The van der Waals surface area contributed by atoms with Crippen LogP contribution in [0.15, 0.2) is 60.8 Å². The van der Waals surface area contributed by atoms with Gasteiger partial charge in [-0.15, -0.1) is 0 Å². The Labute approximate surface area is 287 Å². The van der Waals surface area contributed by atoms with Gasteiger partial charge in [0.25, 0.3) is 0 Å². The van der Waals surface area contributed by atoms with Crippen molar-refractivity contribution in [3.05, 3.63) is 89.3 Å². The van der Waals surface area contributed by atoms with Crippen molar-refractivity contribution < 1.29 is 23.8 Å². The summed E-state index contributed by atoms with van der Waals surface area (Å²) in [7, 11) is 3.26.